The summed E-state index contributed by atoms with van der Waals surface area (Å²) in [6, 6.07) is 0. The van der Waals surface area contributed by atoms with Gasteiger partial charge in [0.2, 0.25) is 11.8 Å². The summed E-state index contributed by atoms with van der Waals surface area (Å²) in [5.41, 5.74) is 0. The molecular weight excluding hydrogens is 252 g/mol. The smallest absolute Gasteiger partial charge is 0.334 e. The minimum atomic E-state index is -1.08. The van der Waals surface area contributed by atoms with Crippen molar-refractivity contribution in [2.75, 3.05) is 19.6 Å². The van der Waals surface area contributed by atoms with Crippen molar-refractivity contribution in [3.63, 3.8) is 0 Å². The first-order valence-corrected chi connectivity index (χ1v) is 6.36. The van der Waals surface area contributed by atoms with Crippen LogP contribution in [0.2, 0.25) is 0 Å². The molecule has 19 heavy (non-hydrogen) atoms. The second-order valence-corrected chi connectivity index (χ2v) is 4.60. The van der Waals surface area contributed by atoms with Crippen LogP contribution in [0.1, 0.15) is 26.7 Å². The Hall–Kier alpha value is -1.63. The standard InChI is InChI=1S/C12H20N2O5/c1-3-4-10(15)13-5-11(16)14-6-8(2)19-9(7-14)12(17)18/h8-9H,3-7H2,1-2H3,(H,13,15)(H,17,18)/t8-,9?/m1/s1. The Kier molecular flexibility index (Phi) is 5.75. The van der Waals surface area contributed by atoms with Gasteiger partial charge in [0, 0.05) is 13.0 Å². The maximum absolute atomic E-state index is 11.9. The summed E-state index contributed by atoms with van der Waals surface area (Å²) in [4.78, 5) is 35.5. The topological polar surface area (TPSA) is 95.9 Å². The van der Waals surface area contributed by atoms with Crippen molar-refractivity contribution in [2.24, 2.45) is 0 Å². The molecule has 2 atom stereocenters. The molecule has 108 valence electrons. The lowest BCUT2D eigenvalue weighted by Gasteiger charge is -2.34. The molecule has 1 aliphatic rings. The average molecular weight is 272 g/mol. The first kappa shape index (κ1) is 15.4. The molecule has 7 nitrogen and oxygen atoms in total. The summed E-state index contributed by atoms with van der Waals surface area (Å²) in [6.07, 6.45) is -0.232. The molecule has 0 aromatic heterocycles. The number of nitrogens with one attached hydrogen (secondary N) is 1. The lowest BCUT2D eigenvalue weighted by molar-refractivity contribution is -0.166. The second kappa shape index (κ2) is 7.08. The molecule has 1 fully saturated rings. The zero-order valence-electron chi connectivity index (χ0n) is 11.2. The lowest BCUT2D eigenvalue weighted by Crippen LogP contribution is -2.53. The molecule has 0 spiro atoms. The third-order valence-corrected chi connectivity index (χ3v) is 2.80. The number of ether oxygens (including phenoxy) is 1. The van der Waals surface area contributed by atoms with Crippen LogP contribution in [0.4, 0.5) is 0 Å². The molecule has 7 heteroatoms. The van der Waals surface area contributed by atoms with E-state index in [0.29, 0.717) is 13.0 Å². The minimum absolute atomic E-state index is 0.0160. The first-order chi connectivity index (χ1) is 8.93. The van der Waals surface area contributed by atoms with E-state index in [9.17, 15) is 14.4 Å². The average Bonchev–Trinajstić information content (AvgIpc) is 2.35. The Bertz CT molecular complexity index is 358. The van der Waals surface area contributed by atoms with Gasteiger partial charge >= 0.3 is 5.97 Å². The van der Waals surface area contributed by atoms with Gasteiger partial charge in [-0.3, -0.25) is 9.59 Å². The van der Waals surface area contributed by atoms with Crippen LogP contribution in [-0.4, -0.2) is 59.6 Å². The fraction of sp³-hybridized carbons (Fsp3) is 0.750. The largest absolute Gasteiger partial charge is 0.479 e. The van der Waals surface area contributed by atoms with E-state index in [4.69, 9.17) is 9.84 Å². The highest BCUT2D eigenvalue weighted by Crippen LogP contribution is 2.11. The van der Waals surface area contributed by atoms with Crippen molar-refractivity contribution in [3.8, 4) is 0 Å². The van der Waals surface area contributed by atoms with Crippen molar-refractivity contribution in [3.05, 3.63) is 0 Å². The van der Waals surface area contributed by atoms with E-state index in [1.807, 2.05) is 6.92 Å². The minimum Gasteiger partial charge on any atom is -0.479 e. The highest BCUT2D eigenvalue weighted by atomic mass is 16.5. The predicted molar refractivity (Wildman–Crippen MR) is 66.5 cm³/mol. The molecule has 0 saturated carbocycles. The van der Waals surface area contributed by atoms with Crippen LogP contribution in [0.5, 0.6) is 0 Å². The quantitative estimate of drug-likeness (QED) is 0.710. The Morgan fingerprint density at radius 3 is 2.63 bits per heavy atom. The van der Waals surface area contributed by atoms with Crippen LogP contribution >= 0.6 is 0 Å². The van der Waals surface area contributed by atoms with E-state index < -0.39 is 12.1 Å². The van der Waals surface area contributed by atoms with Crippen LogP contribution in [-0.2, 0) is 19.1 Å². The Morgan fingerprint density at radius 2 is 2.05 bits per heavy atom. The number of carbonyl (C=O) groups excluding carboxylic acids is 2. The first-order valence-electron chi connectivity index (χ1n) is 6.36. The van der Waals surface area contributed by atoms with Gasteiger partial charge in [-0.05, 0) is 13.3 Å². The second-order valence-electron chi connectivity index (χ2n) is 4.60. The van der Waals surface area contributed by atoms with Gasteiger partial charge in [-0.1, -0.05) is 6.92 Å². The van der Waals surface area contributed by atoms with Crippen LogP contribution < -0.4 is 5.32 Å². The van der Waals surface area contributed by atoms with Crippen LogP contribution in [0.25, 0.3) is 0 Å². The summed E-state index contributed by atoms with van der Waals surface area (Å²) < 4.78 is 5.21. The Balaban J connectivity index is 2.47. The van der Waals surface area contributed by atoms with E-state index in [2.05, 4.69) is 5.32 Å². The normalized spacial score (nSPS) is 22.9. The van der Waals surface area contributed by atoms with Gasteiger partial charge in [-0.2, -0.15) is 0 Å². The zero-order valence-corrected chi connectivity index (χ0v) is 11.2. The molecule has 2 N–H and O–H groups in total. The number of carboxylic acid groups (broad SMARTS) is 1. The van der Waals surface area contributed by atoms with Gasteiger partial charge in [0.1, 0.15) is 0 Å². The molecule has 0 aromatic rings. The van der Waals surface area contributed by atoms with Crippen molar-refractivity contribution < 1.29 is 24.2 Å². The summed E-state index contributed by atoms with van der Waals surface area (Å²) in [7, 11) is 0. The fourth-order valence-electron chi connectivity index (χ4n) is 1.89. The number of aliphatic carboxylic acids is 1. The third-order valence-electron chi connectivity index (χ3n) is 2.80. The van der Waals surface area contributed by atoms with E-state index in [-0.39, 0.29) is 31.0 Å². The number of rotatable bonds is 5. The van der Waals surface area contributed by atoms with Crippen molar-refractivity contribution in [2.45, 2.75) is 38.9 Å². The number of nitrogens with zero attached hydrogens (tertiary/aromatic N) is 1. The molecular formula is C12H20N2O5. The summed E-state index contributed by atoms with van der Waals surface area (Å²) >= 11 is 0. The summed E-state index contributed by atoms with van der Waals surface area (Å²) in [6.45, 7) is 3.85. The summed E-state index contributed by atoms with van der Waals surface area (Å²) in [5.74, 6) is -1.54. The maximum atomic E-state index is 11.9. The van der Waals surface area contributed by atoms with Crippen molar-refractivity contribution >= 4 is 17.8 Å². The van der Waals surface area contributed by atoms with E-state index in [1.54, 1.807) is 6.92 Å². The monoisotopic (exact) mass is 272 g/mol. The van der Waals surface area contributed by atoms with Crippen molar-refractivity contribution in [1.82, 2.24) is 10.2 Å². The molecule has 1 unspecified atom stereocenters. The number of morpholine rings is 1. The molecule has 0 bridgehead atoms. The number of amides is 2. The number of carboxylic acids is 1. The lowest BCUT2D eigenvalue weighted by atomic mass is 10.2. The maximum Gasteiger partial charge on any atom is 0.334 e. The fourth-order valence-corrected chi connectivity index (χ4v) is 1.89. The molecule has 1 aliphatic heterocycles. The Morgan fingerprint density at radius 1 is 1.37 bits per heavy atom. The molecule has 0 radical (unpaired) electrons. The molecule has 1 rings (SSSR count). The van der Waals surface area contributed by atoms with Crippen LogP contribution in [0.3, 0.4) is 0 Å². The molecule has 0 aromatic carbocycles. The zero-order chi connectivity index (χ0) is 14.4. The molecule has 1 saturated heterocycles. The number of hydrogen-bond donors (Lipinski definition) is 2. The predicted octanol–water partition coefficient (Wildman–Crippen LogP) is -0.397. The highest BCUT2D eigenvalue weighted by molar-refractivity contribution is 5.85. The van der Waals surface area contributed by atoms with E-state index in [1.165, 1.54) is 4.90 Å². The molecule has 2 amide bonds. The Labute approximate surface area is 111 Å². The number of carbonyl (C=O) groups is 3. The third kappa shape index (κ3) is 4.86. The molecule has 1 heterocycles. The van der Waals surface area contributed by atoms with Gasteiger partial charge in [0.05, 0.1) is 19.2 Å². The van der Waals surface area contributed by atoms with E-state index >= 15 is 0 Å². The highest BCUT2D eigenvalue weighted by Gasteiger charge is 2.32. The summed E-state index contributed by atoms with van der Waals surface area (Å²) in [5, 5.41) is 11.4. The van der Waals surface area contributed by atoms with Gasteiger partial charge in [0.15, 0.2) is 6.10 Å². The van der Waals surface area contributed by atoms with Gasteiger partial charge in [-0.25, -0.2) is 4.79 Å². The van der Waals surface area contributed by atoms with E-state index in [0.717, 1.165) is 6.42 Å². The molecule has 0 aliphatic carbocycles. The SMILES string of the molecule is CCCC(=O)NCC(=O)N1CC(C(=O)O)O[C@H](C)C1. The van der Waals surface area contributed by atoms with Gasteiger partial charge < -0.3 is 20.1 Å². The van der Waals surface area contributed by atoms with Crippen LogP contribution in [0, 0.1) is 0 Å². The van der Waals surface area contributed by atoms with Gasteiger partial charge in [0.25, 0.3) is 0 Å². The van der Waals surface area contributed by atoms with Crippen molar-refractivity contribution in [1.29, 1.82) is 0 Å². The van der Waals surface area contributed by atoms with Gasteiger partial charge in [-0.15, -0.1) is 0 Å². The van der Waals surface area contributed by atoms with Crippen LogP contribution in [0.15, 0.2) is 0 Å². The number of hydrogen-bond acceptors (Lipinski definition) is 4.